The third-order valence-electron chi connectivity index (χ3n) is 3.21. The number of halogens is 1. The Morgan fingerprint density at radius 3 is 2.50 bits per heavy atom. The first kappa shape index (κ1) is 15.8. The molecular formula is C16H16FNO4. The molecule has 0 aliphatic rings. The molecule has 0 bridgehead atoms. The third kappa shape index (κ3) is 3.72. The van der Waals surface area contributed by atoms with Crippen LogP contribution in [0, 0.1) is 12.7 Å². The fourth-order valence-electron chi connectivity index (χ4n) is 2.02. The van der Waals surface area contributed by atoms with Gasteiger partial charge in [0.25, 0.3) is 5.91 Å². The van der Waals surface area contributed by atoms with Gasteiger partial charge in [-0.25, -0.2) is 9.18 Å². The molecule has 116 valence electrons. The highest BCUT2D eigenvalue weighted by molar-refractivity contribution is 5.95. The molecule has 2 rings (SSSR count). The summed E-state index contributed by atoms with van der Waals surface area (Å²) in [6, 6.07) is 6.46. The maximum absolute atomic E-state index is 12.9. The predicted octanol–water partition coefficient (Wildman–Crippen LogP) is 2.24. The Kier molecular flexibility index (Phi) is 4.93. The van der Waals surface area contributed by atoms with Crippen molar-refractivity contribution in [1.82, 2.24) is 5.32 Å². The van der Waals surface area contributed by atoms with Crippen molar-refractivity contribution in [2.24, 2.45) is 0 Å². The van der Waals surface area contributed by atoms with Crippen molar-refractivity contribution >= 4 is 11.9 Å². The number of amides is 1. The fourth-order valence-corrected chi connectivity index (χ4v) is 2.02. The van der Waals surface area contributed by atoms with E-state index in [1.165, 1.54) is 25.5 Å². The van der Waals surface area contributed by atoms with E-state index < -0.39 is 17.9 Å². The van der Waals surface area contributed by atoms with Crippen LogP contribution in [0.15, 0.2) is 41.0 Å². The van der Waals surface area contributed by atoms with Crippen LogP contribution in [0.2, 0.25) is 0 Å². The predicted molar refractivity (Wildman–Crippen MR) is 76.8 cm³/mol. The van der Waals surface area contributed by atoms with Crippen LogP contribution in [0.5, 0.6) is 0 Å². The number of benzene rings is 1. The number of carbonyl (C=O) groups excluding carboxylic acids is 2. The second-order valence-electron chi connectivity index (χ2n) is 4.81. The van der Waals surface area contributed by atoms with Crippen LogP contribution in [0.3, 0.4) is 0 Å². The van der Waals surface area contributed by atoms with Crippen molar-refractivity contribution in [3.05, 3.63) is 59.3 Å². The van der Waals surface area contributed by atoms with E-state index in [-0.39, 0.29) is 18.0 Å². The van der Waals surface area contributed by atoms with Crippen LogP contribution in [-0.4, -0.2) is 25.0 Å². The Morgan fingerprint density at radius 1 is 1.27 bits per heavy atom. The molecule has 1 atom stereocenters. The first-order chi connectivity index (χ1) is 10.5. The van der Waals surface area contributed by atoms with Crippen molar-refractivity contribution in [3.8, 4) is 0 Å². The van der Waals surface area contributed by atoms with Gasteiger partial charge in [0, 0.05) is 12.0 Å². The topological polar surface area (TPSA) is 68.5 Å². The molecule has 22 heavy (non-hydrogen) atoms. The lowest BCUT2D eigenvalue weighted by molar-refractivity contribution is -0.142. The summed E-state index contributed by atoms with van der Waals surface area (Å²) in [5.74, 6) is -1.30. The minimum atomic E-state index is -0.882. The number of hydrogen-bond donors (Lipinski definition) is 1. The van der Waals surface area contributed by atoms with Crippen LogP contribution >= 0.6 is 0 Å². The average molecular weight is 305 g/mol. The van der Waals surface area contributed by atoms with E-state index in [1.54, 1.807) is 25.1 Å². The summed E-state index contributed by atoms with van der Waals surface area (Å²) < 4.78 is 22.7. The van der Waals surface area contributed by atoms with E-state index in [4.69, 9.17) is 9.15 Å². The molecule has 0 saturated heterocycles. The third-order valence-corrected chi connectivity index (χ3v) is 3.21. The van der Waals surface area contributed by atoms with Crippen LogP contribution in [0.25, 0.3) is 0 Å². The summed E-state index contributed by atoms with van der Waals surface area (Å²) in [6.07, 6.45) is 1.59. The molecule has 0 radical (unpaired) electrons. The number of nitrogens with one attached hydrogen (secondary N) is 1. The number of ether oxygens (including phenoxy) is 1. The van der Waals surface area contributed by atoms with E-state index in [2.05, 4.69) is 5.32 Å². The number of hydrogen-bond acceptors (Lipinski definition) is 4. The molecule has 0 spiro atoms. The smallest absolute Gasteiger partial charge is 0.328 e. The van der Waals surface area contributed by atoms with Gasteiger partial charge in [0.2, 0.25) is 0 Å². The van der Waals surface area contributed by atoms with Crippen LogP contribution in [0.1, 0.15) is 21.7 Å². The molecule has 0 saturated carbocycles. The highest BCUT2D eigenvalue weighted by Crippen LogP contribution is 2.11. The number of carbonyl (C=O) groups is 2. The Morgan fingerprint density at radius 2 is 1.95 bits per heavy atom. The van der Waals surface area contributed by atoms with Gasteiger partial charge in [-0.15, -0.1) is 0 Å². The van der Waals surface area contributed by atoms with E-state index in [0.29, 0.717) is 11.1 Å². The Hall–Kier alpha value is -2.63. The van der Waals surface area contributed by atoms with E-state index >= 15 is 0 Å². The summed E-state index contributed by atoms with van der Waals surface area (Å²) in [6.45, 7) is 1.73. The lowest BCUT2D eigenvalue weighted by atomic mass is 10.1. The van der Waals surface area contributed by atoms with Crippen molar-refractivity contribution in [2.75, 3.05) is 7.11 Å². The second kappa shape index (κ2) is 6.89. The fraction of sp³-hybridized carbons (Fsp3) is 0.250. The van der Waals surface area contributed by atoms with E-state index in [0.717, 1.165) is 0 Å². The quantitative estimate of drug-likeness (QED) is 0.860. The summed E-state index contributed by atoms with van der Waals surface area (Å²) in [5, 5.41) is 2.57. The van der Waals surface area contributed by atoms with Crippen molar-refractivity contribution < 1.29 is 23.1 Å². The van der Waals surface area contributed by atoms with Gasteiger partial charge in [0.1, 0.15) is 11.9 Å². The van der Waals surface area contributed by atoms with Crippen LogP contribution in [0.4, 0.5) is 4.39 Å². The zero-order valence-electron chi connectivity index (χ0n) is 12.3. The number of esters is 1. The molecule has 1 unspecified atom stereocenters. The van der Waals surface area contributed by atoms with Crippen molar-refractivity contribution in [2.45, 2.75) is 19.4 Å². The normalized spacial score (nSPS) is 11.8. The molecule has 1 N–H and O–H groups in total. The number of aryl methyl sites for hydroxylation is 1. The minimum Gasteiger partial charge on any atom is -0.467 e. The van der Waals surface area contributed by atoms with Gasteiger partial charge >= 0.3 is 5.97 Å². The van der Waals surface area contributed by atoms with Gasteiger partial charge in [-0.2, -0.15) is 0 Å². The molecule has 6 heteroatoms. The highest BCUT2D eigenvalue weighted by atomic mass is 19.1. The molecule has 1 aromatic heterocycles. The molecule has 1 aromatic carbocycles. The molecule has 0 aliphatic heterocycles. The maximum atomic E-state index is 12.9. The summed E-state index contributed by atoms with van der Waals surface area (Å²) in [4.78, 5) is 24.0. The second-order valence-corrected chi connectivity index (χ2v) is 4.81. The molecule has 0 fully saturated rings. The lowest BCUT2D eigenvalue weighted by Gasteiger charge is -2.16. The Labute approximate surface area is 127 Å². The summed E-state index contributed by atoms with van der Waals surface area (Å²) >= 11 is 0. The Bertz CT molecular complexity index is 663. The molecule has 0 aliphatic carbocycles. The molecule has 5 nitrogen and oxygen atoms in total. The molecule has 1 amide bonds. The van der Waals surface area contributed by atoms with E-state index in [1.807, 2.05) is 0 Å². The standard InChI is InChI=1S/C16H16FNO4/c1-10-7-8-22-14(10)15(19)18-13(16(20)21-2)9-11-3-5-12(17)6-4-11/h3-8,13H,9H2,1-2H3,(H,18,19). The van der Waals surface area contributed by atoms with Gasteiger partial charge in [-0.1, -0.05) is 12.1 Å². The van der Waals surface area contributed by atoms with Gasteiger partial charge in [0.05, 0.1) is 13.4 Å². The summed E-state index contributed by atoms with van der Waals surface area (Å²) in [5.41, 5.74) is 1.37. The zero-order valence-corrected chi connectivity index (χ0v) is 12.3. The first-order valence-corrected chi connectivity index (χ1v) is 6.68. The zero-order chi connectivity index (χ0) is 16.1. The summed E-state index contributed by atoms with van der Waals surface area (Å²) in [7, 11) is 1.24. The van der Waals surface area contributed by atoms with Crippen LogP contribution < -0.4 is 5.32 Å². The number of rotatable bonds is 5. The van der Waals surface area contributed by atoms with Gasteiger partial charge in [-0.3, -0.25) is 4.79 Å². The minimum absolute atomic E-state index is 0.146. The van der Waals surface area contributed by atoms with Gasteiger partial charge in [0.15, 0.2) is 5.76 Å². The molecule has 1 heterocycles. The SMILES string of the molecule is COC(=O)C(Cc1ccc(F)cc1)NC(=O)c1occc1C. The molecule has 2 aromatic rings. The number of methoxy groups -OCH3 is 1. The van der Waals surface area contributed by atoms with Gasteiger partial charge in [-0.05, 0) is 30.7 Å². The van der Waals surface area contributed by atoms with Crippen molar-refractivity contribution in [1.29, 1.82) is 0 Å². The lowest BCUT2D eigenvalue weighted by Crippen LogP contribution is -2.43. The van der Waals surface area contributed by atoms with Crippen LogP contribution in [-0.2, 0) is 16.0 Å². The largest absolute Gasteiger partial charge is 0.467 e. The average Bonchev–Trinajstić information content (AvgIpc) is 2.94. The first-order valence-electron chi connectivity index (χ1n) is 6.68. The maximum Gasteiger partial charge on any atom is 0.328 e. The highest BCUT2D eigenvalue weighted by Gasteiger charge is 2.24. The number of furan rings is 1. The molecular weight excluding hydrogens is 289 g/mol. The monoisotopic (exact) mass is 305 g/mol. The Balaban J connectivity index is 2.13. The van der Waals surface area contributed by atoms with Crippen molar-refractivity contribution in [3.63, 3.8) is 0 Å². The van der Waals surface area contributed by atoms with Gasteiger partial charge < -0.3 is 14.5 Å². The van der Waals surface area contributed by atoms with E-state index in [9.17, 15) is 14.0 Å².